The molecule has 7 heteroatoms. The van der Waals surface area contributed by atoms with E-state index in [0.29, 0.717) is 5.89 Å². The van der Waals surface area contributed by atoms with E-state index in [2.05, 4.69) is 26.1 Å². The number of nitrogens with zero attached hydrogens (tertiary/aromatic N) is 2. The van der Waals surface area contributed by atoms with Crippen LogP contribution in [0.4, 0.5) is 0 Å². The van der Waals surface area contributed by atoms with Gasteiger partial charge in [-0.2, -0.15) is 0 Å². The van der Waals surface area contributed by atoms with Crippen molar-refractivity contribution in [2.24, 2.45) is 0 Å². The number of benzene rings is 1. The Balaban J connectivity index is 2.09. The van der Waals surface area contributed by atoms with Crippen molar-refractivity contribution in [2.75, 3.05) is 6.61 Å². The van der Waals surface area contributed by atoms with Gasteiger partial charge in [0.2, 0.25) is 11.8 Å². The van der Waals surface area contributed by atoms with Crippen molar-refractivity contribution in [2.45, 2.75) is 13.5 Å². The summed E-state index contributed by atoms with van der Waals surface area (Å²) < 4.78 is 11.2. The predicted octanol–water partition coefficient (Wildman–Crippen LogP) is 2.41. The molecule has 0 radical (unpaired) electrons. The fourth-order valence-corrected chi connectivity index (χ4v) is 2.12. The molecule has 0 bridgehead atoms. The lowest BCUT2D eigenvalue weighted by Gasteiger charge is -1.99. The summed E-state index contributed by atoms with van der Waals surface area (Å²) in [6.07, 6.45) is 0. The Hall–Kier alpha value is -1.73. The molecule has 0 aliphatic heterocycles. The van der Waals surface area contributed by atoms with Crippen molar-refractivity contribution in [3.8, 4) is 11.5 Å². The maximum absolute atomic E-state index is 10.3. The third-order valence-corrected chi connectivity index (χ3v) is 2.66. The zero-order valence-electron chi connectivity index (χ0n) is 10.1. The Kier molecular flexibility index (Phi) is 4.28. The molecule has 19 heavy (non-hydrogen) atoms. The van der Waals surface area contributed by atoms with Gasteiger partial charge in [0, 0.05) is 10.0 Å². The van der Waals surface area contributed by atoms with Gasteiger partial charge in [-0.15, -0.1) is 10.2 Å². The summed E-state index contributed by atoms with van der Waals surface area (Å²) in [7, 11) is 0. The van der Waals surface area contributed by atoms with Crippen molar-refractivity contribution in [3.05, 3.63) is 34.1 Å². The molecule has 2 rings (SSSR count). The van der Waals surface area contributed by atoms with E-state index in [1.54, 1.807) is 0 Å². The molecule has 1 aromatic heterocycles. The summed E-state index contributed by atoms with van der Waals surface area (Å²) in [5.41, 5.74) is 1.86. The highest BCUT2D eigenvalue weighted by atomic mass is 79.9. The van der Waals surface area contributed by atoms with Crippen LogP contribution in [-0.4, -0.2) is 27.9 Å². The topological polar surface area (TPSA) is 85.5 Å². The van der Waals surface area contributed by atoms with Crippen LogP contribution in [0.2, 0.25) is 0 Å². The summed E-state index contributed by atoms with van der Waals surface area (Å²) in [5, 5.41) is 16.1. The number of carboxylic acid groups (broad SMARTS) is 1. The first kappa shape index (κ1) is 13.7. The molecule has 6 nitrogen and oxygen atoms in total. The van der Waals surface area contributed by atoms with E-state index in [0.717, 1.165) is 15.6 Å². The van der Waals surface area contributed by atoms with E-state index in [4.69, 9.17) is 14.3 Å². The van der Waals surface area contributed by atoms with Crippen molar-refractivity contribution in [3.63, 3.8) is 0 Å². The van der Waals surface area contributed by atoms with E-state index in [-0.39, 0.29) is 12.5 Å². The van der Waals surface area contributed by atoms with E-state index >= 15 is 0 Å². The minimum Gasteiger partial charge on any atom is -0.480 e. The number of aliphatic carboxylic acids is 1. The zero-order valence-corrected chi connectivity index (χ0v) is 11.7. The molecule has 100 valence electrons. The first-order chi connectivity index (χ1) is 9.04. The Morgan fingerprint density at radius 2 is 2.21 bits per heavy atom. The van der Waals surface area contributed by atoms with Gasteiger partial charge in [0.25, 0.3) is 0 Å². The Bertz CT molecular complexity index is 577. The standard InChI is InChI=1S/C12H11BrN2O4/c1-7-2-8(4-9(13)3-7)12-15-14-10(19-12)5-18-6-11(16)17/h2-4H,5-6H2,1H3,(H,16,17). The van der Waals surface area contributed by atoms with Crippen molar-refractivity contribution < 1.29 is 19.1 Å². The number of hydrogen-bond donors (Lipinski definition) is 1. The van der Waals surface area contributed by atoms with E-state index in [9.17, 15) is 4.79 Å². The minimum absolute atomic E-state index is 0.0215. The Labute approximate surface area is 117 Å². The molecule has 1 heterocycles. The summed E-state index contributed by atoms with van der Waals surface area (Å²) >= 11 is 3.40. The maximum Gasteiger partial charge on any atom is 0.329 e. The van der Waals surface area contributed by atoms with Crippen LogP contribution in [0.25, 0.3) is 11.5 Å². The Morgan fingerprint density at radius 1 is 1.42 bits per heavy atom. The predicted molar refractivity (Wildman–Crippen MR) is 69.5 cm³/mol. The molecule has 1 N–H and O–H groups in total. The SMILES string of the molecule is Cc1cc(Br)cc(-c2nnc(COCC(=O)O)o2)c1. The molecule has 0 amide bonds. The maximum atomic E-state index is 10.3. The molecule has 0 atom stereocenters. The number of aryl methyl sites for hydroxylation is 1. The van der Waals surface area contributed by atoms with Gasteiger partial charge in [-0.3, -0.25) is 0 Å². The van der Waals surface area contributed by atoms with Gasteiger partial charge in [-0.05, 0) is 30.7 Å². The van der Waals surface area contributed by atoms with Gasteiger partial charge in [0.05, 0.1) is 0 Å². The normalized spacial score (nSPS) is 10.6. The van der Waals surface area contributed by atoms with Gasteiger partial charge in [0.1, 0.15) is 13.2 Å². The van der Waals surface area contributed by atoms with Gasteiger partial charge in [-0.1, -0.05) is 15.9 Å². The molecule has 0 fully saturated rings. The van der Waals surface area contributed by atoms with E-state index in [1.165, 1.54) is 0 Å². The van der Waals surface area contributed by atoms with Crippen LogP contribution in [0.5, 0.6) is 0 Å². The second kappa shape index (κ2) is 5.94. The number of rotatable bonds is 5. The number of carbonyl (C=O) groups is 1. The van der Waals surface area contributed by atoms with Crippen LogP contribution < -0.4 is 0 Å². The highest BCUT2D eigenvalue weighted by Gasteiger charge is 2.10. The quantitative estimate of drug-likeness (QED) is 0.908. The van der Waals surface area contributed by atoms with Crippen LogP contribution in [0.15, 0.2) is 27.1 Å². The van der Waals surface area contributed by atoms with Gasteiger partial charge >= 0.3 is 5.97 Å². The highest BCUT2D eigenvalue weighted by Crippen LogP contribution is 2.24. The second-order valence-corrected chi connectivity index (χ2v) is 4.82. The molecule has 0 unspecified atom stereocenters. The fourth-order valence-electron chi connectivity index (χ4n) is 1.51. The third kappa shape index (κ3) is 3.87. The summed E-state index contributed by atoms with van der Waals surface area (Å²) in [5.74, 6) is -0.422. The van der Waals surface area contributed by atoms with Gasteiger partial charge in [-0.25, -0.2) is 4.79 Å². The zero-order chi connectivity index (χ0) is 13.8. The van der Waals surface area contributed by atoms with Gasteiger partial charge in [0.15, 0.2) is 0 Å². The average molecular weight is 327 g/mol. The largest absolute Gasteiger partial charge is 0.480 e. The first-order valence-electron chi connectivity index (χ1n) is 5.44. The monoisotopic (exact) mass is 326 g/mol. The molecule has 0 aliphatic rings. The number of ether oxygens (including phenoxy) is 1. The summed E-state index contributed by atoms with van der Waals surface area (Å²) in [6.45, 7) is 1.54. The van der Waals surface area contributed by atoms with Crippen LogP contribution in [0.3, 0.4) is 0 Å². The van der Waals surface area contributed by atoms with E-state index in [1.807, 2.05) is 25.1 Å². The van der Waals surface area contributed by atoms with Crippen molar-refractivity contribution in [1.29, 1.82) is 0 Å². The van der Waals surface area contributed by atoms with Crippen molar-refractivity contribution in [1.82, 2.24) is 10.2 Å². The molecular weight excluding hydrogens is 316 g/mol. The smallest absolute Gasteiger partial charge is 0.329 e. The third-order valence-electron chi connectivity index (χ3n) is 2.21. The molecule has 1 aromatic carbocycles. The second-order valence-electron chi connectivity index (χ2n) is 3.90. The lowest BCUT2D eigenvalue weighted by molar-refractivity contribution is -0.142. The van der Waals surface area contributed by atoms with E-state index < -0.39 is 12.6 Å². The lowest BCUT2D eigenvalue weighted by atomic mass is 10.1. The molecule has 0 aliphatic carbocycles. The molecular formula is C12H11BrN2O4. The fraction of sp³-hybridized carbons (Fsp3) is 0.250. The van der Waals surface area contributed by atoms with Crippen LogP contribution in [0.1, 0.15) is 11.5 Å². The van der Waals surface area contributed by atoms with Crippen LogP contribution >= 0.6 is 15.9 Å². The lowest BCUT2D eigenvalue weighted by Crippen LogP contribution is -2.06. The highest BCUT2D eigenvalue weighted by molar-refractivity contribution is 9.10. The molecule has 0 saturated carbocycles. The molecule has 0 spiro atoms. The van der Waals surface area contributed by atoms with Crippen LogP contribution in [0, 0.1) is 6.92 Å². The van der Waals surface area contributed by atoms with Crippen LogP contribution in [-0.2, 0) is 16.1 Å². The summed E-state index contributed by atoms with van der Waals surface area (Å²) in [4.78, 5) is 10.3. The molecule has 0 saturated heterocycles. The number of halogens is 1. The van der Waals surface area contributed by atoms with Crippen molar-refractivity contribution >= 4 is 21.9 Å². The minimum atomic E-state index is -1.04. The Morgan fingerprint density at radius 3 is 2.89 bits per heavy atom. The number of aromatic nitrogens is 2. The first-order valence-corrected chi connectivity index (χ1v) is 6.23. The van der Waals surface area contributed by atoms with Gasteiger partial charge < -0.3 is 14.3 Å². The average Bonchev–Trinajstić information content (AvgIpc) is 2.76. The summed E-state index contributed by atoms with van der Waals surface area (Å²) in [6, 6.07) is 5.75. The molecule has 2 aromatic rings. The number of hydrogen-bond acceptors (Lipinski definition) is 5. The number of carboxylic acids is 1.